The fourth-order valence-electron chi connectivity index (χ4n) is 4.52. The van der Waals surface area contributed by atoms with Gasteiger partial charge in [0.2, 0.25) is 5.95 Å². The van der Waals surface area contributed by atoms with Crippen LogP contribution in [0, 0.1) is 0 Å². The number of nitrogens with zero attached hydrogens (tertiary/aromatic N) is 3. The van der Waals surface area contributed by atoms with E-state index in [1.54, 1.807) is 0 Å². The first kappa shape index (κ1) is 24.8. The molecule has 0 saturated heterocycles. The SMILES string of the molecule is CC(NC(=O)OC(C)(C)C)c1cc2ccccc2n1-c1nc2c(c(NCc3ccccc3)n1)COCC2. The van der Waals surface area contributed by atoms with Gasteiger partial charge in [0.15, 0.2) is 0 Å². The quantitative estimate of drug-likeness (QED) is 0.354. The maximum atomic E-state index is 12.6. The zero-order chi connectivity index (χ0) is 26.0. The van der Waals surface area contributed by atoms with Crippen LogP contribution in [-0.2, 0) is 29.0 Å². The average Bonchev–Trinajstić information content (AvgIpc) is 3.26. The zero-order valence-electron chi connectivity index (χ0n) is 21.7. The van der Waals surface area contributed by atoms with Crippen molar-refractivity contribution in [2.24, 2.45) is 0 Å². The molecule has 1 amide bonds. The molecule has 2 N–H and O–H groups in total. The highest BCUT2D eigenvalue weighted by molar-refractivity contribution is 5.83. The fraction of sp³-hybridized carbons (Fsp3) is 0.345. The van der Waals surface area contributed by atoms with Crippen LogP contribution in [0.5, 0.6) is 0 Å². The molecule has 2 aromatic carbocycles. The Morgan fingerprint density at radius 1 is 1.11 bits per heavy atom. The summed E-state index contributed by atoms with van der Waals surface area (Å²) in [6.07, 6.45) is 0.246. The van der Waals surface area contributed by atoms with Crippen LogP contribution in [0.15, 0.2) is 60.7 Å². The maximum absolute atomic E-state index is 12.6. The lowest BCUT2D eigenvalue weighted by Crippen LogP contribution is -2.34. The van der Waals surface area contributed by atoms with Crippen molar-refractivity contribution in [1.82, 2.24) is 19.9 Å². The van der Waals surface area contributed by atoms with Gasteiger partial charge < -0.3 is 20.1 Å². The summed E-state index contributed by atoms with van der Waals surface area (Å²) < 4.78 is 13.3. The Labute approximate surface area is 217 Å². The number of alkyl carbamates (subject to hydrolysis) is 1. The van der Waals surface area contributed by atoms with Crippen LogP contribution in [0.25, 0.3) is 16.9 Å². The Hall–Kier alpha value is -3.91. The zero-order valence-corrected chi connectivity index (χ0v) is 21.7. The third-order valence-electron chi connectivity index (χ3n) is 6.23. The monoisotopic (exact) mass is 499 g/mol. The molecule has 4 aromatic rings. The van der Waals surface area contributed by atoms with E-state index in [9.17, 15) is 4.79 Å². The second kappa shape index (κ2) is 10.2. The van der Waals surface area contributed by atoms with Crippen molar-refractivity contribution in [2.75, 3.05) is 11.9 Å². The van der Waals surface area contributed by atoms with Crippen molar-refractivity contribution in [2.45, 2.75) is 58.9 Å². The number of rotatable bonds is 6. The molecule has 1 aliphatic rings. The molecule has 0 radical (unpaired) electrons. The third kappa shape index (κ3) is 5.59. The van der Waals surface area contributed by atoms with Crippen LogP contribution in [0.1, 0.15) is 56.3 Å². The largest absolute Gasteiger partial charge is 0.444 e. The number of carbonyl (C=O) groups excluding carboxylic acids is 1. The van der Waals surface area contributed by atoms with Gasteiger partial charge in [-0.1, -0.05) is 48.5 Å². The summed E-state index contributed by atoms with van der Waals surface area (Å²) in [5.74, 6) is 1.32. The molecule has 1 unspecified atom stereocenters. The molecule has 0 saturated carbocycles. The van der Waals surface area contributed by atoms with Crippen molar-refractivity contribution in [1.29, 1.82) is 0 Å². The lowest BCUT2D eigenvalue weighted by Gasteiger charge is -2.24. The summed E-state index contributed by atoms with van der Waals surface area (Å²) in [7, 11) is 0. The first-order chi connectivity index (χ1) is 17.8. The average molecular weight is 500 g/mol. The number of para-hydroxylation sites is 1. The number of anilines is 1. The summed E-state index contributed by atoms with van der Waals surface area (Å²) in [5, 5.41) is 7.53. The van der Waals surface area contributed by atoms with E-state index in [4.69, 9.17) is 19.4 Å². The number of aromatic nitrogens is 3. The van der Waals surface area contributed by atoms with Crippen molar-refractivity contribution < 1.29 is 14.3 Å². The summed E-state index contributed by atoms with van der Waals surface area (Å²) >= 11 is 0. The van der Waals surface area contributed by atoms with Crippen molar-refractivity contribution >= 4 is 22.8 Å². The molecule has 1 atom stereocenters. The normalized spacial score (nSPS) is 14.2. The third-order valence-corrected chi connectivity index (χ3v) is 6.23. The number of ether oxygens (including phenoxy) is 2. The minimum Gasteiger partial charge on any atom is -0.444 e. The van der Waals surface area contributed by atoms with Gasteiger partial charge in [0.1, 0.15) is 11.4 Å². The van der Waals surface area contributed by atoms with Gasteiger partial charge in [-0.05, 0) is 45.4 Å². The topological polar surface area (TPSA) is 90.3 Å². The number of carbonyl (C=O) groups is 1. The molecule has 1 aliphatic heterocycles. The van der Waals surface area contributed by atoms with Gasteiger partial charge in [0.05, 0.1) is 30.5 Å². The molecule has 3 heterocycles. The first-order valence-electron chi connectivity index (χ1n) is 12.6. The van der Waals surface area contributed by atoms with Gasteiger partial charge in [-0.25, -0.2) is 9.78 Å². The molecular formula is C29H33N5O3. The van der Waals surface area contributed by atoms with Crippen LogP contribution >= 0.6 is 0 Å². The number of nitrogens with one attached hydrogen (secondary N) is 2. The number of fused-ring (bicyclic) bond motifs is 2. The van der Waals surface area contributed by atoms with Crippen LogP contribution in [-0.4, -0.2) is 32.8 Å². The molecule has 0 aliphatic carbocycles. The number of benzene rings is 2. The van der Waals surface area contributed by atoms with E-state index in [1.165, 1.54) is 0 Å². The van der Waals surface area contributed by atoms with E-state index in [0.717, 1.165) is 39.2 Å². The van der Waals surface area contributed by atoms with Crippen LogP contribution < -0.4 is 10.6 Å². The van der Waals surface area contributed by atoms with Crippen molar-refractivity contribution in [3.05, 3.63) is 83.2 Å². The van der Waals surface area contributed by atoms with Gasteiger partial charge in [-0.15, -0.1) is 0 Å². The molecule has 5 rings (SSSR count). The standard InChI is InChI=1S/C29H33N5O3/c1-19(31-28(35)37-29(2,3)4)25-16-21-12-8-9-13-24(21)34(25)27-32-23-14-15-36-18-22(23)26(33-27)30-17-20-10-6-5-7-11-20/h5-13,16,19H,14-15,17-18H2,1-4H3,(H,31,35)(H,30,32,33). The van der Waals surface area contributed by atoms with E-state index < -0.39 is 11.7 Å². The predicted molar refractivity (Wildman–Crippen MR) is 144 cm³/mol. The minimum atomic E-state index is -0.584. The highest BCUT2D eigenvalue weighted by Gasteiger charge is 2.25. The molecule has 0 fully saturated rings. The maximum Gasteiger partial charge on any atom is 0.408 e. The summed E-state index contributed by atoms with van der Waals surface area (Å²) in [6.45, 7) is 9.23. The Balaban J connectivity index is 1.56. The second-order valence-corrected chi connectivity index (χ2v) is 10.3. The van der Waals surface area contributed by atoms with Gasteiger partial charge in [-0.3, -0.25) is 4.57 Å². The van der Waals surface area contributed by atoms with Gasteiger partial charge in [-0.2, -0.15) is 4.98 Å². The highest BCUT2D eigenvalue weighted by atomic mass is 16.6. The van der Waals surface area contributed by atoms with E-state index in [2.05, 4.69) is 34.9 Å². The summed E-state index contributed by atoms with van der Waals surface area (Å²) in [6, 6.07) is 20.0. The Bertz CT molecular complexity index is 1410. The molecule has 0 spiro atoms. The van der Waals surface area contributed by atoms with Crippen molar-refractivity contribution in [3.63, 3.8) is 0 Å². The van der Waals surface area contributed by atoms with E-state index >= 15 is 0 Å². The number of amides is 1. The fourth-order valence-corrected chi connectivity index (χ4v) is 4.52. The minimum absolute atomic E-state index is 0.342. The van der Waals surface area contributed by atoms with Gasteiger partial charge in [0, 0.05) is 29.6 Å². The highest BCUT2D eigenvalue weighted by Crippen LogP contribution is 2.30. The van der Waals surface area contributed by atoms with E-state index in [0.29, 0.717) is 32.1 Å². The molecule has 0 bridgehead atoms. The molecular weight excluding hydrogens is 466 g/mol. The second-order valence-electron chi connectivity index (χ2n) is 10.3. The van der Waals surface area contributed by atoms with E-state index in [-0.39, 0.29) is 6.04 Å². The molecule has 37 heavy (non-hydrogen) atoms. The van der Waals surface area contributed by atoms with E-state index in [1.807, 2.05) is 68.7 Å². The lowest BCUT2D eigenvalue weighted by molar-refractivity contribution is 0.0506. The Morgan fingerprint density at radius 2 is 1.86 bits per heavy atom. The van der Waals surface area contributed by atoms with Gasteiger partial charge in [0.25, 0.3) is 0 Å². The Morgan fingerprint density at radius 3 is 2.65 bits per heavy atom. The van der Waals surface area contributed by atoms with Crippen LogP contribution in [0.2, 0.25) is 0 Å². The number of hydrogen-bond acceptors (Lipinski definition) is 6. The lowest BCUT2D eigenvalue weighted by atomic mass is 10.1. The number of hydrogen-bond donors (Lipinski definition) is 2. The molecule has 8 heteroatoms. The van der Waals surface area contributed by atoms with Gasteiger partial charge >= 0.3 is 6.09 Å². The molecule has 8 nitrogen and oxygen atoms in total. The van der Waals surface area contributed by atoms with Crippen molar-refractivity contribution in [3.8, 4) is 5.95 Å². The molecule has 192 valence electrons. The van der Waals surface area contributed by atoms with Crippen LogP contribution in [0.4, 0.5) is 10.6 Å². The smallest absolute Gasteiger partial charge is 0.408 e. The summed E-state index contributed by atoms with van der Waals surface area (Å²) in [5.41, 5.74) is 4.38. The summed E-state index contributed by atoms with van der Waals surface area (Å²) in [4.78, 5) is 22.6. The molecule has 2 aromatic heterocycles. The first-order valence-corrected chi connectivity index (χ1v) is 12.6. The van der Waals surface area contributed by atoms with Crippen LogP contribution in [0.3, 0.4) is 0 Å². The Kier molecular flexibility index (Phi) is 6.84. The predicted octanol–water partition coefficient (Wildman–Crippen LogP) is 5.69.